The number of hydrogen-bond donors (Lipinski definition) is 10. The summed E-state index contributed by atoms with van der Waals surface area (Å²) in [5.74, 6) is -20.7. The molecule has 20 atom stereocenters. The van der Waals surface area contributed by atoms with E-state index in [-0.39, 0.29) is 91.8 Å². The molecule has 10 aliphatic heterocycles. The highest BCUT2D eigenvalue weighted by Crippen LogP contribution is 2.36. The zero-order valence-electron chi connectivity index (χ0n) is 61.5. The van der Waals surface area contributed by atoms with Crippen LogP contribution < -0.4 is 0 Å². The summed E-state index contributed by atoms with van der Waals surface area (Å²) in [6.45, 7) is 0.114. The molecule has 654 valence electrons. The van der Waals surface area contributed by atoms with E-state index in [1.165, 1.54) is 0 Å². The lowest BCUT2D eigenvalue weighted by Gasteiger charge is -2.16. The molecule has 0 saturated carbocycles. The van der Waals surface area contributed by atoms with Gasteiger partial charge in [0.2, 0.25) is 0 Å². The fourth-order valence-corrected chi connectivity index (χ4v) is 11.7. The Balaban J connectivity index is 0.000000233. The summed E-state index contributed by atoms with van der Waals surface area (Å²) in [6, 6.07) is 0. The van der Waals surface area contributed by atoms with Gasteiger partial charge in [0, 0.05) is 97.2 Å². The second-order valence-corrected chi connectivity index (χ2v) is 25.0. The highest BCUT2D eigenvalue weighted by molar-refractivity contribution is 5.95. The van der Waals surface area contributed by atoms with Crippen molar-refractivity contribution in [1.82, 2.24) is 0 Å². The molecule has 0 aromatic rings. The van der Waals surface area contributed by atoms with Crippen molar-refractivity contribution < 1.29 is 242 Å². The Hall–Kier alpha value is -13.1. The maximum atomic E-state index is 11.6. The number of carboxylic acids is 10. The Morgan fingerprint density at radius 1 is 0.183 bits per heavy atom. The van der Waals surface area contributed by atoms with E-state index in [1.807, 2.05) is 0 Å². The minimum absolute atomic E-state index is 0.000993. The number of fused-ring (bicyclic) bond motifs is 5. The van der Waals surface area contributed by atoms with Gasteiger partial charge in [-0.25, -0.2) is 76.7 Å². The van der Waals surface area contributed by atoms with E-state index in [0.29, 0.717) is 48.6 Å². The zero-order valence-corrected chi connectivity index (χ0v) is 61.5. The first-order valence-electron chi connectivity index (χ1n) is 34.7. The molecule has 0 unspecified atom stereocenters. The van der Waals surface area contributed by atoms with Crippen LogP contribution in [-0.4, -0.2) is 359 Å². The van der Waals surface area contributed by atoms with Crippen LogP contribution in [0.4, 0.5) is 0 Å². The molecule has 0 aromatic heterocycles. The number of aliphatic carboxylic acids is 10. The maximum absolute atomic E-state index is 11.6. The molecule has 10 heterocycles. The molecule has 0 aliphatic carbocycles. The summed E-state index contributed by atoms with van der Waals surface area (Å²) in [5, 5.41) is 84.5. The summed E-state index contributed by atoms with van der Waals surface area (Å²) >= 11 is 0. The van der Waals surface area contributed by atoms with E-state index in [9.17, 15) is 95.9 Å². The first-order valence-corrected chi connectivity index (χ1v) is 34.7. The van der Waals surface area contributed by atoms with E-state index in [1.54, 1.807) is 0 Å². The van der Waals surface area contributed by atoms with Crippen molar-refractivity contribution in [2.75, 3.05) is 66.1 Å². The first-order chi connectivity index (χ1) is 56.8. The van der Waals surface area contributed by atoms with Crippen molar-refractivity contribution in [3.05, 3.63) is 97.2 Å². The van der Waals surface area contributed by atoms with Gasteiger partial charge < -0.3 is 146 Å². The van der Waals surface area contributed by atoms with Crippen LogP contribution in [0.15, 0.2) is 97.2 Å². The number of carbonyl (C=O) groups excluding carboxylic acids is 10. The number of rotatable bonds is 32. The lowest BCUT2D eigenvalue weighted by atomic mass is 10.1. The summed E-state index contributed by atoms with van der Waals surface area (Å²) in [6.07, 6.45) is -3.89. The van der Waals surface area contributed by atoms with Crippen molar-refractivity contribution in [3.63, 3.8) is 0 Å². The van der Waals surface area contributed by atoms with Crippen molar-refractivity contribution >= 4 is 119 Å². The second-order valence-electron chi connectivity index (χ2n) is 25.0. The van der Waals surface area contributed by atoms with Gasteiger partial charge >= 0.3 is 119 Å². The third-order valence-corrected chi connectivity index (χ3v) is 16.5. The molecule has 0 radical (unpaired) electrons. The number of hydrogen-bond acceptors (Lipinski definition) is 40. The summed E-state index contributed by atoms with van der Waals surface area (Å²) < 4.78 is 105. The third kappa shape index (κ3) is 32.4. The average Bonchev–Trinajstić information content (AvgIpc) is 1.68. The highest BCUT2D eigenvalue weighted by atomic mass is 16.7. The lowest BCUT2D eigenvalue weighted by Crippen LogP contribution is -2.35. The molecule has 0 spiro atoms. The van der Waals surface area contributed by atoms with Gasteiger partial charge in [0.15, 0.2) is 61.0 Å². The Morgan fingerprint density at radius 3 is 0.408 bits per heavy atom. The van der Waals surface area contributed by atoms with Crippen molar-refractivity contribution in [1.29, 1.82) is 0 Å². The van der Waals surface area contributed by atoms with Gasteiger partial charge in [-0.3, -0.25) is 19.2 Å². The van der Waals surface area contributed by atoms with Crippen molar-refractivity contribution in [3.8, 4) is 0 Å². The minimum Gasteiger partial charge on any atom is -0.481 e. The standard InChI is InChI=1S/2C14H16O10.3C14H14O10/c5*15-9(16)1-3-11(19)23-7-5-21-14-8(6-22-13(7)14)24-12(20)4-2-10(17)18/h2*1,3,7-8,13-14H,2,4-6H2,(H,15,16)(H,17,18);3*1-4,7-8,13-14H,5-6H2,(H,15,16)(H,17,18)/b3-1+;3-1-;3-1+,4-2+;3-1-,4-2+;3-1-,4-2-/t5*7-,8-,13+,14+/m00000/s1. The Morgan fingerprint density at radius 2 is 0.300 bits per heavy atom. The van der Waals surface area contributed by atoms with Gasteiger partial charge in [0.1, 0.15) is 61.0 Å². The van der Waals surface area contributed by atoms with E-state index in [2.05, 4.69) is 0 Å². The molecule has 10 N–H and O–H groups in total. The monoisotopic (exact) mass is 1710 g/mol. The molecule has 10 saturated heterocycles. The van der Waals surface area contributed by atoms with Crippen LogP contribution in [0.25, 0.3) is 0 Å². The van der Waals surface area contributed by atoms with Gasteiger partial charge in [-0.1, -0.05) is 0 Å². The van der Waals surface area contributed by atoms with Crippen molar-refractivity contribution in [2.24, 2.45) is 0 Å². The van der Waals surface area contributed by atoms with E-state index >= 15 is 0 Å². The average molecular weight is 1720 g/mol. The maximum Gasteiger partial charge on any atom is 0.331 e. The molecule has 10 rings (SSSR count). The summed E-state index contributed by atoms with van der Waals surface area (Å²) in [7, 11) is 0. The molecule has 120 heavy (non-hydrogen) atoms. The Labute approximate surface area is 670 Å². The normalized spacial score (nSPS) is 28.7. The molecule has 10 fully saturated rings. The van der Waals surface area contributed by atoms with Crippen LogP contribution in [0.1, 0.15) is 25.7 Å². The highest BCUT2D eigenvalue weighted by Gasteiger charge is 2.56. The Kier molecular flexibility index (Phi) is 37.8. The first kappa shape index (κ1) is 95.8. The molecule has 0 amide bonds. The van der Waals surface area contributed by atoms with Gasteiger partial charge in [-0.2, -0.15) is 0 Å². The SMILES string of the molecule is O=C(O)/C=C/C(=O)O[C@H]1CO[C@H]2[C@@H]1OC[C@@H]2OC(=O)/C=C/C(=O)O.O=C(O)/C=C/C(=O)O[C@H]1CO[C@H]2[C@@H]1OC[C@@H]2OC(=O)CCC(=O)O.O=C(O)/C=C\C(=O)O[C@H]1CO[C@H]2[C@@H]1OC[C@@H]2OC(=O)/C=C/C(=O)O.O=C(O)/C=C\C(=O)O[C@H]1CO[C@H]2[C@@H]1OC[C@@H]2OC(=O)/C=C\C(=O)O.O=C(O)/C=C\C(=O)O[C@H]1CO[C@H]2[C@@H]1OC[C@@H]2OC(=O)CCC(=O)O. The molecule has 0 aromatic carbocycles. The van der Waals surface area contributed by atoms with Gasteiger partial charge in [-0.05, 0) is 0 Å². The fourth-order valence-electron chi connectivity index (χ4n) is 11.7. The molecule has 50 nitrogen and oxygen atoms in total. The topological polar surface area (TPSA) is 728 Å². The minimum atomic E-state index is -1.29. The summed E-state index contributed by atoms with van der Waals surface area (Å²) in [5.41, 5.74) is 0. The van der Waals surface area contributed by atoms with E-state index < -0.39 is 241 Å². The largest absolute Gasteiger partial charge is 0.481 e. The van der Waals surface area contributed by atoms with Gasteiger partial charge in [0.25, 0.3) is 0 Å². The second kappa shape index (κ2) is 47.4. The number of ether oxygens (including phenoxy) is 20. The molecule has 0 bridgehead atoms. The van der Waals surface area contributed by atoms with Crippen LogP contribution in [0.5, 0.6) is 0 Å². The molecule has 10 aliphatic rings. The molecular formula is C70H74O50. The fraction of sp³-hybridized carbons (Fsp3) is 0.486. The lowest BCUT2D eigenvalue weighted by molar-refractivity contribution is -0.156. The quantitative estimate of drug-likeness (QED) is 0.0171. The van der Waals surface area contributed by atoms with Gasteiger partial charge in [0.05, 0.1) is 91.8 Å². The molecule has 50 heteroatoms. The van der Waals surface area contributed by atoms with Crippen LogP contribution in [0.2, 0.25) is 0 Å². The third-order valence-electron chi connectivity index (χ3n) is 16.5. The Bertz CT molecular complexity index is 3560. The van der Waals surface area contributed by atoms with Crippen LogP contribution in [-0.2, 0) is 191 Å². The molecular weight excluding hydrogens is 1640 g/mol. The van der Waals surface area contributed by atoms with E-state index in [4.69, 9.17) is 146 Å². The van der Waals surface area contributed by atoms with Crippen LogP contribution >= 0.6 is 0 Å². The zero-order chi connectivity index (χ0) is 88.4. The summed E-state index contributed by atoms with van der Waals surface area (Å²) in [4.78, 5) is 218. The van der Waals surface area contributed by atoms with E-state index in [0.717, 1.165) is 48.6 Å². The predicted molar refractivity (Wildman–Crippen MR) is 364 cm³/mol. The van der Waals surface area contributed by atoms with Gasteiger partial charge in [-0.15, -0.1) is 0 Å². The predicted octanol–water partition coefficient (Wildman–Crippen LogP) is -5.11. The smallest absolute Gasteiger partial charge is 0.331 e. The number of carbonyl (C=O) groups is 20. The number of carboxylic acid groups (broad SMARTS) is 10. The van der Waals surface area contributed by atoms with Crippen LogP contribution in [0.3, 0.4) is 0 Å². The van der Waals surface area contributed by atoms with Crippen LogP contribution in [0, 0.1) is 0 Å². The van der Waals surface area contributed by atoms with Crippen molar-refractivity contribution in [2.45, 2.75) is 148 Å². The number of esters is 10.